The third-order valence-electron chi connectivity index (χ3n) is 3.78. The molecular formula is C22H26N2. The monoisotopic (exact) mass is 318 g/mol. The highest BCUT2D eigenvalue weighted by Gasteiger charge is 1.95. The smallest absolute Gasteiger partial charge is 0.0361 e. The van der Waals surface area contributed by atoms with Gasteiger partial charge in [0.15, 0.2) is 0 Å². The summed E-state index contributed by atoms with van der Waals surface area (Å²) in [6.07, 6.45) is 8.36. The minimum Gasteiger partial charge on any atom is -0.391 e. The molecule has 0 heterocycles. The summed E-state index contributed by atoms with van der Waals surface area (Å²) in [7, 11) is 4.10. The van der Waals surface area contributed by atoms with E-state index < -0.39 is 0 Å². The van der Waals surface area contributed by atoms with Crippen LogP contribution >= 0.6 is 0 Å². The Bertz CT molecular complexity index is 812. The molecule has 0 aromatic heterocycles. The molecule has 0 saturated heterocycles. The van der Waals surface area contributed by atoms with E-state index in [-0.39, 0.29) is 0 Å². The molecule has 0 atom stereocenters. The fraction of sp³-hybridized carbons (Fsp3) is 0.182. The highest BCUT2D eigenvalue weighted by molar-refractivity contribution is 5.73. The van der Waals surface area contributed by atoms with Crippen LogP contribution in [0.3, 0.4) is 0 Å². The number of hydrogen-bond donors (Lipinski definition) is 1. The number of benzene rings is 2. The highest BCUT2D eigenvalue weighted by Crippen LogP contribution is 2.14. The van der Waals surface area contributed by atoms with Gasteiger partial charge in [-0.3, -0.25) is 0 Å². The Hall–Kier alpha value is -2.74. The van der Waals surface area contributed by atoms with Crippen LogP contribution in [-0.4, -0.2) is 20.6 Å². The van der Waals surface area contributed by atoms with E-state index in [9.17, 15) is 0 Å². The number of nitrogens with zero attached hydrogens (tertiary/aromatic N) is 1. The molecule has 2 nitrogen and oxygen atoms in total. The van der Waals surface area contributed by atoms with Crippen molar-refractivity contribution in [3.8, 4) is 0 Å². The summed E-state index contributed by atoms with van der Waals surface area (Å²) in [5.41, 5.74) is 3.52. The number of anilines is 1. The summed E-state index contributed by atoms with van der Waals surface area (Å²) >= 11 is 0. The summed E-state index contributed by atoms with van der Waals surface area (Å²) in [6, 6.07) is 16.7. The fourth-order valence-corrected chi connectivity index (χ4v) is 2.37. The fourth-order valence-electron chi connectivity index (χ4n) is 2.37. The van der Waals surface area contributed by atoms with Gasteiger partial charge in [0.2, 0.25) is 0 Å². The third kappa shape index (κ3) is 4.88. The van der Waals surface area contributed by atoms with Crippen molar-refractivity contribution in [2.75, 3.05) is 25.5 Å². The van der Waals surface area contributed by atoms with Crippen molar-refractivity contribution in [2.45, 2.75) is 6.92 Å². The van der Waals surface area contributed by atoms with Crippen LogP contribution in [0.2, 0.25) is 0 Å². The molecular weight excluding hydrogens is 292 g/mol. The molecule has 0 aliphatic rings. The van der Waals surface area contributed by atoms with E-state index in [1.807, 2.05) is 38.5 Å². The van der Waals surface area contributed by atoms with Crippen molar-refractivity contribution in [3.63, 3.8) is 0 Å². The predicted molar refractivity (Wildman–Crippen MR) is 107 cm³/mol. The first kappa shape index (κ1) is 17.6. The zero-order valence-electron chi connectivity index (χ0n) is 14.8. The summed E-state index contributed by atoms with van der Waals surface area (Å²) in [5.74, 6) is 0. The Kier molecular flexibility index (Phi) is 6.44. The van der Waals surface area contributed by atoms with Gasteiger partial charge in [-0.25, -0.2) is 0 Å². The van der Waals surface area contributed by atoms with Crippen molar-refractivity contribution in [2.24, 2.45) is 0 Å². The molecule has 0 aliphatic carbocycles. The van der Waals surface area contributed by atoms with Crippen LogP contribution < -0.4 is 20.7 Å². The van der Waals surface area contributed by atoms with Gasteiger partial charge in [-0.1, -0.05) is 55.1 Å². The normalized spacial score (nSPS) is 12.6. The lowest BCUT2D eigenvalue weighted by atomic mass is 10.1. The van der Waals surface area contributed by atoms with E-state index >= 15 is 0 Å². The van der Waals surface area contributed by atoms with Crippen LogP contribution in [0, 0.1) is 0 Å². The van der Waals surface area contributed by atoms with Gasteiger partial charge in [0.05, 0.1) is 0 Å². The van der Waals surface area contributed by atoms with Crippen LogP contribution in [0.1, 0.15) is 12.5 Å². The number of allylic oxidation sites excluding steroid dienone is 2. The Morgan fingerprint density at radius 1 is 1.04 bits per heavy atom. The second kappa shape index (κ2) is 8.78. The Labute approximate surface area is 145 Å². The first-order chi connectivity index (χ1) is 11.6. The van der Waals surface area contributed by atoms with Gasteiger partial charge >= 0.3 is 0 Å². The molecule has 2 aromatic carbocycles. The molecule has 0 amide bonds. The van der Waals surface area contributed by atoms with Crippen molar-refractivity contribution in [1.82, 2.24) is 5.32 Å². The van der Waals surface area contributed by atoms with E-state index in [0.29, 0.717) is 0 Å². The molecule has 2 aromatic rings. The van der Waals surface area contributed by atoms with E-state index in [2.05, 4.69) is 72.3 Å². The minimum absolute atomic E-state index is 0.908. The van der Waals surface area contributed by atoms with E-state index in [1.54, 1.807) is 0 Å². The maximum absolute atomic E-state index is 4.14. The van der Waals surface area contributed by atoms with Gasteiger partial charge in [0, 0.05) is 26.3 Å². The van der Waals surface area contributed by atoms with E-state index in [0.717, 1.165) is 22.6 Å². The SMILES string of the molecule is C=c1cccc/c1=C(C=Cc1ccc(N(C)C)cc1)/C=C\NCC. The average molecular weight is 318 g/mol. The van der Waals surface area contributed by atoms with Crippen LogP contribution in [0.25, 0.3) is 18.2 Å². The second-order valence-corrected chi connectivity index (χ2v) is 5.82. The first-order valence-corrected chi connectivity index (χ1v) is 8.25. The van der Waals surface area contributed by atoms with Crippen molar-refractivity contribution < 1.29 is 0 Å². The molecule has 124 valence electrons. The molecule has 24 heavy (non-hydrogen) atoms. The number of hydrogen-bond acceptors (Lipinski definition) is 2. The van der Waals surface area contributed by atoms with E-state index in [1.165, 1.54) is 11.3 Å². The van der Waals surface area contributed by atoms with Gasteiger partial charge in [0.25, 0.3) is 0 Å². The molecule has 1 N–H and O–H groups in total. The first-order valence-electron chi connectivity index (χ1n) is 8.25. The molecule has 0 saturated carbocycles. The Balaban J connectivity index is 2.37. The van der Waals surface area contributed by atoms with Gasteiger partial charge in [-0.05, 0) is 52.9 Å². The maximum atomic E-state index is 4.14. The summed E-state index contributed by atoms with van der Waals surface area (Å²) in [5, 5.41) is 5.40. The largest absolute Gasteiger partial charge is 0.391 e. The van der Waals surface area contributed by atoms with Gasteiger partial charge in [-0.15, -0.1) is 0 Å². The molecule has 2 rings (SSSR count). The molecule has 0 radical (unpaired) electrons. The van der Waals surface area contributed by atoms with Gasteiger partial charge in [-0.2, -0.15) is 0 Å². The van der Waals surface area contributed by atoms with E-state index in [4.69, 9.17) is 0 Å². The second-order valence-electron chi connectivity index (χ2n) is 5.82. The lowest BCUT2D eigenvalue weighted by molar-refractivity contribution is 0.920. The third-order valence-corrected chi connectivity index (χ3v) is 3.78. The lowest BCUT2D eigenvalue weighted by Gasteiger charge is -2.11. The van der Waals surface area contributed by atoms with Crippen molar-refractivity contribution >= 4 is 23.9 Å². The number of rotatable bonds is 6. The molecule has 0 unspecified atom stereocenters. The summed E-state index contributed by atoms with van der Waals surface area (Å²) < 4.78 is 0. The highest BCUT2D eigenvalue weighted by atomic mass is 15.1. The predicted octanol–water partition coefficient (Wildman–Crippen LogP) is 3.15. The molecule has 2 heteroatoms. The molecule has 0 bridgehead atoms. The van der Waals surface area contributed by atoms with Crippen molar-refractivity contribution in [3.05, 3.63) is 82.9 Å². The zero-order chi connectivity index (χ0) is 17.4. The summed E-state index contributed by atoms with van der Waals surface area (Å²) in [4.78, 5) is 2.10. The van der Waals surface area contributed by atoms with Gasteiger partial charge in [0.1, 0.15) is 0 Å². The quantitative estimate of drug-likeness (QED) is 0.880. The van der Waals surface area contributed by atoms with Crippen LogP contribution in [0.4, 0.5) is 5.69 Å². The molecule has 0 spiro atoms. The molecule has 0 aliphatic heterocycles. The average Bonchev–Trinajstić information content (AvgIpc) is 2.59. The van der Waals surface area contributed by atoms with Gasteiger partial charge < -0.3 is 10.2 Å². The lowest BCUT2D eigenvalue weighted by Crippen LogP contribution is -2.24. The number of nitrogens with one attached hydrogen (secondary N) is 1. The summed E-state index contributed by atoms with van der Waals surface area (Å²) in [6.45, 7) is 7.13. The van der Waals surface area contributed by atoms with Crippen LogP contribution in [-0.2, 0) is 0 Å². The molecule has 0 fully saturated rings. The minimum atomic E-state index is 0.908. The van der Waals surface area contributed by atoms with Crippen LogP contribution in [0.5, 0.6) is 0 Å². The van der Waals surface area contributed by atoms with Crippen LogP contribution in [0.15, 0.2) is 66.9 Å². The Morgan fingerprint density at radius 3 is 2.38 bits per heavy atom. The topological polar surface area (TPSA) is 15.3 Å². The standard InChI is InChI=1S/C22H26N2/c1-5-23-17-16-20(22-9-7-6-8-18(22)2)13-10-19-11-14-21(15-12-19)24(3)4/h6-17,23H,2,5H2,1,3-4H3/b13-10?,17-16-,22-20-. The van der Waals surface area contributed by atoms with Crippen molar-refractivity contribution in [1.29, 1.82) is 0 Å². The Morgan fingerprint density at radius 2 is 1.75 bits per heavy atom. The maximum Gasteiger partial charge on any atom is 0.0361 e. The zero-order valence-corrected chi connectivity index (χ0v) is 14.8.